The first-order valence-electron chi connectivity index (χ1n) is 9.95. The zero-order valence-corrected chi connectivity index (χ0v) is 17.5. The minimum Gasteiger partial charge on any atom is -0.392 e. The summed E-state index contributed by atoms with van der Waals surface area (Å²) in [7, 11) is 0. The number of rotatable bonds is 4. The second-order valence-electron chi connectivity index (χ2n) is 8.50. The molecule has 5 nitrogen and oxygen atoms in total. The summed E-state index contributed by atoms with van der Waals surface area (Å²) in [6.45, 7) is 11.9. The van der Waals surface area contributed by atoms with E-state index in [1.165, 1.54) is 4.88 Å². The largest absolute Gasteiger partial charge is 0.392 e. The molecule has 1 amide bonds. The number of anilines is 1. The fourth-order valence-electron chi connectivity index (χ4n) is 5.57. The second kappa shape index (κ2) is 7.12. The van der Waals surface area contributed by atoms with Gasteiger partial charge in [0.25, 0.3) is 0 Å². The molecule has 146 valence electrons. The zero-order chi connectivity index (χ0) is 19.2. The van der Waals surface area contributed by atoms with Crippen molar-refractivity contribution in [3.8, 4) is 0 Å². The van der Waals surface area contributed by atoms with E-state index in [9.17, 15) is 9.90 Å². The first-order chi connectivity index (χ1) is 12.2. The van der Waals surface area contributed by atoms with E-state index in [-0.39, 0.29) is 35.0 Å². The maximum absolute atomic E-state index is 12.9. The quantitative estimate of drug-likeness (QED) is 0.841. The van der Waals surface area contributed by atoms with Gasteiger partial charge in [-0.3, -0.25) is 4.79 Å². The molecule has 1 fully saturated rings. The Labute approximate surface area is 161 Å². The van der Waals surface area contributed by atoms with Gasteiger partial charge in [0.05, 0.1) is 11.8 Å². The number of hydrogen-bond acceptors (Lipinski definition) is 5. The van der Waals surface area contributed by atoms with E-state index in [1.54, 1.807) is 11.3 Å². The molecule has 6 heteroatoms. The fourth-order valence-corrected chi connectivity index (χ4v) is 6.71. The lowest BCUT2D eigenvalue weighted by atomic mass is 9.53. The smallest absolute Gasteiger partial charge is 0.225 e. The van der Waals surface area contributed by atoms with Crippen molar-refractivity contribution in [1.29, 1.82) is 0 Å². The highest BCUT2D eigenvalue weighted by molar-refractivity contribution is 7.15. The highest BCUT2D eigenvalue weighted by atomic mass is 32.1. The van der Waals surface area contributed by atoms with Gasteiger partial charge in [0.2, 0.25) is 5.91 Å². The summed E-state index contributed by atoms with van der Waals surface area (Å²) in [6.07, 6.45) is 2.40. The molecule has 0 bridgehead atoms. The summed E-state index contributed by atoms with van der Waals surface area (Å²) in [5, 5.41) is 12.0. The lowest BCUT2D eigenvalue weighted by molar-refractivity contribution is -0.144. The molecule has 1 saturated carbocycles. The summed E-state index contributed by atoms with van der Waals surface area (Å²) in [5.74, 6) is 0.336. The molecule has 2 aliphatic rings. The highest BCUT2D eigenvalue weighted by Gasteiger charge is 2.54. The van der Waals surface area contributed by atoms with Crippen LogP contribution in [0, 0.1) is 23.2 Å². The number of carbonyl (C=O) groups is 1. The highest BCUT2D eigenvalue weighted by Crippen LogP contribution is 2.57. The maximum Gasteiger partial charge on any atom is 0.225 e. The molecule has 1 heterocycles. The Bertz CT molecular complexity index is 672. The number of aliphatic hydroxyl groups excluding tert-OH is 1. The molecule has 26 heavy (non-hydrogen) atoms. The van der Waals surface area contributed by atoms with E-state index in [2.05, 4.69) is 18.8 Å². The number of hydrogen-bond donors (Lipinski definition) is 2. The Balaban J connectivity index is 1.87. The van der Waals surface area contributed by atoms with E-state index in [0.29, 0.717) is 5.13 Å². The Hall–Kier alpha value is -1.14. The van der Waals surface area contributed by atoms with Crippen molar-refractivity contribution in [2.75, 3.05) is 18.8 Å². The van der Waals surface area contributed by atoms with Gasteiger partial charge in [0.1, 0.15) is 0 Å². The van der Waals surface area contributed by atoms with Crippen molar-refractivity contribution < 1.29 is 9.90 Å². The molecule has 0 radical (unpaired) electrons. The topological polar surface area (TPSA) is 79.5 Å². The second-order valence-corrected chi connectivity index (χ2v) is 9.61. The molecule has 0 saturated heterocycles. The van der Waals surface area contributed by atoms with Gasteiger partial charge in [-0.25, -0.2) is 4.98 Å². The van der Waals surface area contributed by atoms with Gasteiger partial charge in [0.15, 0.2) is 5.13 Å². The minimum atomic E-state index is -0.477. The third-order valence-corrected chi connectivity index (χ3v) is 7.95. The zero-order valence-electron chi connectivity index (χ0n) is 16.7. The number of aromatic nitrogens is 1. The van der Waals surface area contributed by atoms with E-state index < -0.39 is 6.10 Å². The molecule has 1 aromatic heterocycles. The minimum absolute atomic E-state index is 0.0150. The van der Waals surface area contributed by atoms with Gasteiger partial charge < -0.3 is 15.7 Å². The van der Waals surface area contributed by atoms with Crippen LogP contribution in [0.25, 0.3) is 0 Å². The molecular weight excluding hydrogens is 346 g/mol. The van der Waals surface area contributed by atoms with Crippen LogP contribution in [0.15, 0.2) is 0 Å². The molecule has 3 N–H and O–H groups in total. The lowest BCUT2D eigenvalue weighted by Gasteiger charge is -2.53. The van der Waals surface area contributed by atoms with Crippen molar-refractivity contribution in [3.05, 3.63) is 10.6 Å². The molecule has 0 aliphatic heterocycles. The molecule has 2 aliphatic carbocycles. The third kappa shape index (κ3) is 3.05. The van der Waals surface area contributed by atoms with Crippen LogP contribution >= 0.6 is 11.3 Å². The molecule has 0 unspecified atom stereocenters. The SMILES string of the molecule is CCN(CC)C(=O)[C@@H](C)[C@@H]1CC[C@]2(C)Cc3sc(N)nc3[C@@H](C)[C@@H]2[C@H]1O. The number of nitrogens with two attached hydrogens (primary N) is 1. The van der Waals surface area contributed by atoms with Gasteiger partial charge in [-0.2, -0.15) is 0 Å². The van der Waals surface area contributed by atoms with Crippen molar-refractivity contribution >= 4 is 22.4 Å². The molecule has 0 spiro atoms. The Morgan fingerprint density at radius 3 is 2.73 bits per heavy atom. The monoisotopic (exact) mass is 379 g/mol. The van der Waals surface area contributed by atoms with Gasteiger partial charge in [-0.1, -0.05) is 20.8 Å². The number of amides is 1. The Morgan fingerprint density at radius 1 is 1.46 bits per heavy atom. The van der Waals surface area contributed by atoms with Crippen LogP contribution in [-0.2, 0) is 11.2 Å². The first-order valence-corrected chi connectivity index (χ1v) is 10.8. The van der Waals surface area contributed by atoms with Gasteiger partial charge in [-0.05, 0) is 50.4 Å². The van der Waals surface area contributed by atoms with E-state index in [4.69, 9.17) is 5.73 Å². The summed E-state index contributed by atoms with van der Waals surface area (Å²) in [4.78, 5) is 20.6. The van der Waals surface area contributed by atoms with Crippen molar-refractivity contribution in [2.24, 2.45) is 23.2 Å². The maximum atomic E-state index is 12.9. The predicted molar refractivity (Wildman–Crippen MR) is 106 cm³/mol. The standard InChI is InChI=1S/C20H33N3O2S/c1-6-23(7-2)18(25)11(3)13-8-9-20(5)10-14-16(22-19(21)26-14)12(4)15(20)17(13)24/h11-13,15,17,24H,6-10H2,1-5H3,(H2,21,22)/t11-,12-,13-,15+,17-,20+/m0/s1. The van der Waals surface area contributed by atoms with Crippen LogP contribution < -0.4 is 5.73 Å². The number of fused-ring (bicyclic) bond motifs is 2. The number of nitrogen functional groups attached to an aromatic ring is 1. The van der Waals surface area contributed by atoms with Crippen LogP contribution in [0.4, 0.5) is 5.13 Å². The number of nitrogens with zero attached hydrogens (tertiary/aromatic N) is 2. The predicted octanol–water partition coefficient (Wildman–Crippen LogP) is 3.28. The number of thiazole rings is 1. The van der Waals surface area contributed by atoms with Crippen LogP contribution in [-0.4, -0.2) is 40.1 Å². The van der Waals surface area contributed by atoms with Crippen molar-refractivity contribution in [2.45, 2.75) is 65.9 Å². The summed E-state index contributed by atoms with van der Waals surface area (Å²) in [6, 6.07) is 0. The van der Waals surface area contributed by atoms with E-state index >= 15 is 0 Å². The number of carbonyl (C=O) groups excluding carboxylic acids is 1. The van der Waals surface area contributed by atoms with E-state index in [1.807, 2.05) is 25.7 Å². The molecule has 6 atom stereocenters. The Morgan fingerprint density at radius 2 is 2.12 bits per heavy atom. The van der Waals surface area contributed by atoms with Crippen molar-refractivity contribution in [3.63, 3.8) is 0 Å². The third-order valence-electron chi connectivity index (χ3n) is 7.05. The summed E-state index contributed by atoms with van der Waals surface area (Å²) < 4.78 is 0. The van der Waals surface area contributed by atoms with Crippen molar-refractivity contribution in [1.82, 2.24) is 9.88 Å². The van der Waals surface area contributed by atoms with E-state index in [0.717, 1.165) is 38.0 Å². The molecular formula is C20H33N3O2S. The average molecular weight is 380 g/mol. The van der Waals surface area contributed by atoms with Crippen LogP contribution in [0.2, 0.25) is 0 Å². The molecule has 3 rings (SSSR count). The van der Waals surface area contributed by atoms with Crippen LogP contribution in [0.3, 0.4) is 0 Å². The molecule has 0 aromatic carbocycles. The number of aliphatic hydroxyl groups is 1. The van der Waals surface area contributed by atoms with Crippen LogP contribution in [0.5, 0.6) is 0 Å². The fraction of sp³-hybridized carbons (Fsp3) is 0.800. The average Bonchev–Trinajstić information content (AvgIpc) is 2.95. The van der Waals surface area contributed by atoms with Crippen LogP contribution in [0.1, 0.15) is 63.9 Å². The van der Waals surface area contributed by atoms with Gasteiger partial charge in [0, 0.05) is 29.8 Å². The molecule has 1 aromatic rings. The lowest BCUT2D eigenvalue weighted by Crippen LogP contribution is -2.53. The summed E-state index contributed by atoms with van der Waals surface area (Å²) in [5.41, 5.74) is 7.08. The van der Waals surface area contributed by atoms with Gasteiger partial charge >= 0.3 is 0 Å². The van der Waals surface area contributed by atoms with Gasteiger partial charge in [-0.15, -0.1) is 11.3 Å². The summed E-state index contributed by atoms with van der Waals surface area (Å²) >= 11 is 1.60. The first kappa shape index (κ1) is 19.6. The normalized spacial score (nSPS) is 34.7. The Kier molecular flexibility index (Phi) is 5.37.